The molecular formula is C11H10ClN3O2S. The van der Waals surface area contributed by atoms with Crippen LogP contribution in [0, 0.1) is 6.92 Å². The van der Waals surface area contributed by atoms with Crippen molar-refractivity contribution in [3.05, 3.63) is 39.1 Å². The fourth-order valence-electron chi connectivity index (χ4n) is 1.35. The van der Waals surface area contributed by atoms with E-state index in [1.54, 1.807) is 12.3 Å². The fraction of sp³-hybridized carbons (Fsp3) is 0.182. The highest BCUT2D eigenvalue weighted by atomic mass is 35.5. The Hall–Kier alpha value is -1.66. The van der Waals surface area contributed by atoms with Gasteiger partial charge < -0.3 is 10.4 Å². The van der Waals surface area contributed by atoms with E-state index in [9.17, 15) is 4.79 Å². The predicted octanol–water partition coefficient (Wildman–Crippen LogP) is 2.81. The number of carboxylic acid groups (broad SMARTS) is 1. The maximum atomic E-state index is 10.7. The quantitative estimate of drug-likeness (QED) is 0.902. The van der Waals surface area contributed by atoms with Gasteiger partial charge in [-0.1, -0.05) is 11.6 Å². The Labute approximate surface area is 112 Å². The molecule has 0 aliphatic rings. The van der Waals surface area contributed by atoms with Crippen LogP contribution < -0.4 is 5.32 Å². The van der Waals surface area contributed by atoms with Crippen LogP contribution in [0.5, 0.6) is 0 Å². The number of anilines is 1. The number of rotatable bonds is 4. The number of carboxylic acids is 1. The zero-order chi connectivity index (χ0) is 13.1. The number of aryl methyl sites for hydroxylation is 1. The molecule has 2 rings (SSSR count). The van der Waals surface area contributed by atoms with Crippen molar-refractivity contribution in [1.82, 2.24) is 9.97 Å². The Morgan fingerprint density at radius 1 is 1.50 bits per heavy atom. The summed E-state index contributed by atoms with van der Waals surface area (Å²) in [5, 5.41) is 13.2. The Balaban J connectivity index is 2.06. The molecule has 0 unspecified atom stereocenters. The van der Waals surface area contributed by atoms with Crippen LogP contribution in [0.4, 0.5) is 5.69 Å². The maximum Gasteiger partial charge on any atom is 0.347 e. The first-order valence-electron chi connectivity index (χ1n) is 5.10. The van der Waals surface area contributed by atoms with E-state index in [0.717, 1.165) is 22.7 Å². The highest BCUT2D eigenvalue weighted by Gasteiger charge is 2.08. The lowest BCUT2D eigenvalue weighted by atomic mass is 10.3. The van der Waals surface area contributed by atoms with Gasteiger partial charge in [-0.3, -0.25) is 4.98 Å². The summed E-state index contributed by atoms with van der Waals surface area (Å²) in [7, 11) is 0. The van der Waals surface area contributed by atoms with Crippen molar-refractivity contribution in [2.45, 2.75) is 13.5 Å². The molecule has 0 aliphatic carbocycles. The first-order valence-corrected chi connectivity index (χ1v) is 6.29. The van der Waals surface area contributed by atoms with E-state index >= 15 is 0 Å². The molecule has 2 N–H and O–H groups in total. The van der Waals surface area contributed by atoms with Crippen LogP contribution in [0.15, 0.2) is 18.5 Å². The average molecular weight is 284 g/mol. The summed E-state index contributed by atoms with van der Waals surface area (Å²) in [4.78, 5) is 19.1. The Morgan fingerprint density at radius 2 is 2.28 bits per heavy atom. The molecule has 0 spiro atoms. The van der Waals surface area contributed by atoms with E-state index in [0.29, 0.717) is 16.6 Å². The van der Waals surface area contributed by atoms with Crippen LogP contribution in [-0.4, -0.2) is 21.0 Å². The molecule has 0 saturated carbocycles. The molecule has 94 valence electrons. The van der Waals surface area contributed by atoms with E-state index in [-0.39, 0.29) is 4.88 Å². The van der Waals surface area contributed by atoms with E-state index in [1.165, 1.54) is 6.20 Å². The number of hydrogen-bond acceptors (Lipinski definition) is 5. The van der Waals surface area contributed by atoms with Crippen LogP contribution in [0.1, 0.15) is 20.4 Å². The molecule has 0 aliphatic heterocycles. The molecular weight excluding hydrogens is 274 g/mol. The summed E-state index contributed by atoms with van der Waals surface area (Å²) in [6.07, 6.45) is 2.93. The van der Waals surface area contributed by atoms with Gasteiger partial charge >= 0.3 is 5.97 Å². The van der Waals surface area contributed by atoms with Crippen molar-refractivity contribution in [2.75, 3.05) is 5.32 Å². The number of thiazole rings is 1. The zero-order valence-corrected chi connectivity index (χ0v) is 11.0. The summed E-state index contributed by atoms with van der Waals surface area (Å²) in [6, 6.07) is 1.77. The van der Waals surface area contributed by atoms with Gasteiger partial charge in [-0.05, 0) is 13.0 Å². The molecule has 0 aromatic carbocycles. The monoisotopic (exact) mass is 283 g/mol. The second-order valence-corrected chi connectivity index (χ2v) is 5.12. The number of nitrogens with zero attached hydrogens (tertiary/aromatic N) is 2. The molecule has 0 radical (unpaired) electrons. The highest BCUT2D eigenvalue weighted by molar-refractivity contribution is 7.13. The minimum absolute atomic E-state index is 0.229. The van der Waals surface area contributed by atoms with Gasteiger partial charge in [0, 0.05) is 6.20 Å². The lowest BCUT2D eigenvalue weighted by molar-refractivity contribution is 0.0702. The van der Waals surface area contributed by atoms with Gasteiger partial charge in [0.25, 0.3) is 0 Å². The van der Waals surface area contributed by atoms with Gasteiger partial charge in [0.15, 0.2) is 0 Å². The van der Waals surface area contributed by atoms with Crippen molar-refractivity contribution >= 4 is 34.6 Å². The molecule has 18 heavy (non-hydrogen) atoms. The smallest absolute Gasteiger partial charge is 0.347 e. The number of hydrogen-bond donors (Lipinski definition) is 2. The summed E-state index contributed by atoms with van der Waals surface area (Å²) >= 11 is 6.99. The van der Waals surface area contributed by atoms with Crippen molar-refractivity contribution in [3.63, 3.8) is 0 Å². The zero-order valence-electron chi connectivity index (χ0n) is 9.48. The first-order chi connectivity index (χ1) is 8.56. The van der Waals surface area contributed by atoms with Crippen LogP contribution >= 0.6 is 22.9 Å². The lowest BCUT2D eigenvalue weighted by Crippen LogP contribution is -2.01. The van der Waals surface area contributed by atoms with Gasteiger partial charge in [0.2, 0.25) is 0 Å². The number of halogens is 1. The minimum atomic E-state index is -0.959. The van der Waals surface area contributed by atoms with Gasteiger partial charge in [-0.2, -0.15) is 0 Å². The number of nitrogens with one attached hydrogen (secondary N) is 1. The summed E-state index contributed by atoms with van der Waals surface area (Å²) < 4.78 is 0. The second-order valence-electron chi connectivity index (χ2n) is 3.56. The third kappa shape index (κ3) is 2.96. The molecule has 0 fully saturated rings. The largest absolute Gasteiger partial charge is 0.477 e. The molecule has 2 aromatic rings. The fourth-order valence-corrected chi connectivity index (χ4v) is 2.20. The van der Waals surface area contributed by atoms with Crippen LogP contribution in [0.25, 0.3) is 0 Å². The Morgan fingerprint density at radius 3 is 2.94 bits per heavy atom. The van der Waals surface area contributed by atoms with E-state index in [4.69, 9.17) is 16.7 Å². The number of carbonyl (C=O) groups is 1. The number of aromatic carboxylic acids is 1. The molecule has 2 aromatic heterocycles. The predicted molar refractivity (Wildman–Crippen MR) is 70.4 cm³/mol. The topological polar surface area (TPSA) is 75.1 Å². The summed E-state index contributed by atoms with van der Waals surface area (Å²) in [5.41, 5.74) is 1.64. The van der Waals surface area contributed by atoms with E-state index in [1.807, 2.05) is 6.92 Å². The molecule has 5 nitrogen and oxygen atoms in total. The molecule has 0 saturated heterocycles. The second kappa shape index (κ2) is 5.32. The average Bonchev–Trinajstić information content (AvgIpc) is 2.79. The lowest BCUT2D eigenvalue weighted by Gasteiger charge is -2.07. The SMILES string of the molecule is Cc1ncc(Cl)cc1NCc1ncc(C(=O)O)s1. The normalized spacial score (nSPS) is 10.3. The van der Waals surface area contributed by atoms with Crippen LogP contribution in [0.2, 0.25) is 5.02 Å². The van der Waals surface area contributed by atoms with Crippen LogP contribution in [-0.2, 0) is 6.54 Å². The Bertz CT molecular complexity index is 585. The third-order valence-electron chi connectivity index (χ3n) is 2.25. The maximum absolute atomic E-state index is 10.7. The van der Waals surface area contributed by atoms with Crippen molar-refractivity contribution < 1.29 is 9.90 Å². The van der Waals surface area contributed by atoms with Crippen molar-refractivity contribution in [3.8, 4) is 0 Å². The first kappa shape index (κ1) is 12.8. The summed E-state index contributed by atoms with van der Waals surface area (Å²) in [5.74, 6) is -0.959. The third-order valence-corrected chi connectivity index (χ3v) is 3.44. The summed E-state index contributed by atoms with van der Waals surface area (Å²) in [6.45, 7) is 2.31. The number of aromatic nitrogens is 2. The van der Waals surface area contributed by atoms with Crippen LogP contribution in [0.3, 0.4) is 0 Å². The van der Waals surface area contributed by atoms with Crippen molar-refractivity contribution in [2.24, 2.45) is 0 Å². The molecule has 0 atom stereocenters. The highest BCUT2D eigenvalue weighted by Crippen LogP contribution is 2.19. The van der Waals surface area contributed by atoms with Gasteiger partial charge in [-0.25, -0.2) is 9.78 Å². The van der Waals surface area contributed by atoms with Gasteiger partial charge in [0.05, 0.1) is 29.1 Å². The molecule has 0 amide bonds. The van der Waals surface area contributed by atoms with Gasteiger partial charge in [0.1, 0.15) is 9.88 Å². The number of pyridine rings is 1. The molecule has 2 heterocycles. The van der Waals surface area contributed by atoms with E-state index < -0.39 is 5.97 Å². The van der Waals surface area contributed by atoms with Gasteiger partial charge in [-0.15, -0.1) is 11.3 Å². The van der Waals surface area contributed by atoms with Crippen molar-refractivity contribution in [1.29, 1.82) is 0 Å². The Kier molecular flexibility index (Phi) is 3.78. The molecule has 0 bridgehead atoms. The van der Waals surface area contributed by atoms with E-state index in [2.05, 4.69) is 15.3 Å². The minimum Gasteiger partial charge on any atom is -0.477 e. The molecule has 7 heteroatoms. The standard InChI is InChI=1S/C11H10ClN3O2S/c1-6-8(2-7(12)3-13-6)14-5-10-15-4-9(18-10)11(16)17/h2-4,14H,5H2,1H3,(H,16,17).